The molecule has 0 spiro atoms. The minimum atomic E-state index is -1.18. The molecule has 0 atom stereocenters. The Morgan fingerprint density at radius 1 is 1.50 bits per heavy atom. The highest BCUT2D eigenvalue weighted by molar-refractivity contribution is 6.33. The zero-order valence-electron chi connectivity index (χ0n) is 9.52. The van der Waals surface area contributed by atoms with Gasteiger partial charge in [-0.3, -0.25) is 4.79 Å². The van der Waals surface area contributed by atoms with Gasteiger partial charge < -0.3 is 15.3 Å². The molecule has 1 aromatic rings. The summed E-state index contributed by atoms with van der Waals surface area (Å²) < 4.78 is 0. The number of carbonyl (C=O) groups excluding carboxylic acids is 1. The number of pyridine rings is 1. The normalized spacial score (nSPS) is 16.1. The van der Waals surface area contributed by atoms with Gasteiger partial charge in [-0.15, -0.1) is 0 Å². The molecule has 18 heavy (non-hydrogen) atoms. The number of rotatable bonds is 2. The summed E-state index contributed by atoms with van der Waals surface area (Å²) in [6, 6.07) is 3.10. The van der Waals surface area contributed by atoms with Gasteiger partial charge in [-0.2, -0.15) is 0 Å². The lowest BCUT2D eigenvalue weighted by molar-refractivity contribution is -0.119. The molecule has 0 aliphatic carbocycles. The summed E-state index contributed by atoms with van der Waals surface area (Å²) in [5.74, 6) is -0.823. The molecule has 7 heteroatoms. The highest BCUT2D eigenvalue weighted by Gasteiger charge is 2.18. The maximum atomic E-state index is 11.4. The van der Waals surface area contributed by atoms with Gasteiger partial charge in [0.25, 0.3) is 0 Å². The Morgan fingerprint density at radius 2 is 2.28 bits per heavy atom. The molecule has 96 valence electrons. The van der Waals surface area contributed by atoms with Crippen molar-refractivity contribution in [1.29, 1.82) is 0 Å². The Labute approximate surface area is 109 Å². The lowest BCUT2D eigenvalue weighted by Gasteiger charge is -2.20. The second kappa shape index (κ2) is 5.22. The average molecular weight is 270 g/mol. The molecule has 2 heterocycles. The van der Waals surface area contributed by atoms with Gasteiger partial charge in [-0.05, 0) is 18.6 Å². The summed E-state index contributed by atoms with van der Waals surface area (Å²) in [5, 5.41) is 11.8. The van der Waals surface area contributed by atoms with Crippen LogP contribution in [0.2, 0.25) is 5.02 Å². The molecule has 1 amide bonds. The second-order valence-electron chi connectivity index (χ2n) is 3.93. The largest absolute Gasteiger partial charge is 0.476 e. The van der Waals surface area contributed by atoms with Crippen molar-refractivity contribution >= 4 is 29.3 Å². The maximum absolute atomic E-state index is 11.4. The van der Waals surface area contributed by atoms with E-state index in [1.54, 1.807) is 11.0 Å². The topological polar surface area (TPSA) is 82.5 Å². The zero-order chi connectivity index (χ0) is 13.1. The fourth-order valence-electron chi connectivity index (χ4n) is 1.76. The average Bonchev–Trinajstić information content (AvgIpc) is 2.54. The van der Waals surface area contributed by atoms with Gasteiger partial charge in [0.15, 0.2) is 5.69 Å². The van der Waals surface area contributed by atoms with Crippen LogP contribution in [-0.4, -0.2) is 41.6 Å². The van der Waals surface area contributed by atoms with Crippen molar-refractivity contribution < 1.29 is 14.7 Å². The standard InChI is InChI=1S/C11H12ClN3O3/c12-7-2-3-8(14-10(7)11(17)18)15-5-1-4-13-9(16)6-15/h2-3H,1,4-6H2,(H,13,16)(H,17,18). The molecule has 0 unspecified atom stereocenters. The number of hydrogen-bond acceptors (Lipinski definition) is 4. The smallest absolute Gasteiger partial charge is 0.356 e. The van der Waals surface area contributed by atoms with Crippen molar-refractivity contribution in [2.75, 3.05) is 24.5 Å². The van der Waals surface area contributed by atoms with E-state index in [4.69, 9.17) is 16.7 Å². The molecule has 1 aliphatic heterocycles. The molecule has 1 aliphatic rings. The number of aromatic nitrogens is 1. The van der Waals surface area contributed by atoms with E-state index in [1.807, 2.05) is 0 Å². The molecule has 1 fully saturated rings. The quantitative estimate of drug-likeness (QED) is 0.828. The minimum absolute atomic E-state index is 0.0884. The van der Waals surface area contributed by atoms with Gasteiger partial charge in [0, 0.05) is 13.1 Å². The summed E-state index contributed by atoms with van der Waals surface area (Å²) in [4.78, 5) is 28.1. The number of hydrogen-bond donors (Lipinski definition) is 2. The maximum Gasteiger partial charge on any atom is 0.356 e. The van der Waals surface area contributed by atoms with E-state index >= 15 is 0 Å². The van der Waals surface area contributed by atoms with Crippen LogP contribution in [0.25, 0.3) is 0 Å². The molecule has 1 saturated heterocycles. The predicted molar refractivity (Wildman–Crippen MR) is 66.0 cm³/mol. The number of anilines is 1. The summed E-state index contributed by atoms with van der Waals surface area (Å²) in [6.45, 7) is 1.44. The predicted octanol–water partition coefficient (Wildman–Crippen LogP) is 0.759. The van der Waals surface area contributed by atoms with Gasteiger partial charge in [-0.25, -0.2) is 9.78 Å². The van der Waals surface area contributed by atoms with E-state index in [0.717, 1.165) is 6.42 Å². The molecular weight excluding hydrogens is 258 g/mol. The van der Waals surface area contributed by atoms with Crippen LogP contribution in [0.5, 0.6) is 0 Å². The monoisotopic (exact) mass is 269 g/mol. The van der Waals surface area contributed by atoms with E-state index in [9.17, 15) is 9.59 Å². The van der Waals surface area contributed by atoms with Crippen molar-refractivity contribution in [3.63, 3.8) is 0 Å². The molecule has 1 aromatic heterocycles. The van der Waals surface area contributed by atoms with Crippen molar-refractivity contribution in [3.05, 3.63) is 22.8 Å². The Balaban J connectivity index is 2.29. The van der Waals surface area contributed by atoms with Crippen LogP contribution in [0.3, 0.4) is 0 Å². The molecule has 0 bridgehead atoms. The third-order valence-electron chi connectivity index (χ3n) is 2.62. The third-order valence-corrected chi connectivity index (χ3v) is 2.92. The lowest BCUT2D eigenvalue weighted by atomic mass is 10.3. The van der Waals surface area contributed by atoms with Crippen LogP contribution in [0.1, 0.15) is 16.9 Å². The number of nitrogens with one attached hydrogen (secondary N) is 1. The lowest BCUT2D eigenvalue weighted by Crippen LogP contribution is -2.33. The fourth-order valence-corrected chi connectivity index (χ4v) is 1.95. The molecule has 2 N–H and O–H groups in total. The van der Waals surface area contributed by atoms with E-state index in [2.05, 4.69) is 10.3 Å². The molecule has 6 nitrogen and oxygen atoms in total. The molecule has 0 aromatic carbocycles. The van der Waals surface area contributed by atoms with Gasteiger partial charge >= 0.3 is 5.97 Å². The number of carboxylic acids is 1. The number of carbonyl (C=O) groups is 2. The Bertz CT molecular complexity index is 492. The van der Waals surface area contributed by atoms with Crippen molar-refractivity contribution in [2.45, 2.75) is 6.42 Å². The number of halogens is 1. The Hall–Kier alpha value is -1.82. The summed E-state index contributed by atoms with van der Waals surface area (Å²) in [6.07, 6.45) is 0.790. The second-order valence-corrected chi connectivity index (χ2v) is 4.34. The van der Waals surface area contributed by atoms with Gasteiger partial charge in [-0.1, -0.05) is 11.6 Å². The third kappa shape index (κ3) is 2.70. The summed E-state index contributed by atoms with van der Waals surface area (Å²) in [7, 11) is 0. The first-order chi connectivity index (χ1) is 8.58. The Kier molecular flexibility index (Phi) is 3.66. The van der Waals surface area contributed by atoms with Crippen LogP contribution in [0.15, 0.2) is 12.1 Å². The highest BCUT2D eigenvalue weighted by Crippen LogP contribution is 2.20. The van der Waals surface area contributed by atoms with E-state index in [-0.39, 0.29) is 23.2 Å². The molecule has 2 rings (SSSR count). The first-order valence-electron chi connectivity index (χ1n) is 5.49. The highest BCUT2D eigenvalue weighted by atomic mass is 35.5. The fraction of sp³-hybridized carbons (Fsp3) is 0.364. The van der Waals surface area contributed by atoms with Gasteiger partial charge in [0.05, 0.1) is 11.6 Å². The SMILES string of the molecule is O=C1CN(c2ccc(Cl)c(C(=O)O)n2)CCCN1. The summed E-state index contributed by atoms with van der Waals surface area (Å²) in [5.41, 5.74) is -0.196. The molecule has 0 saturated carbocycles. The van der Waals surface area contributed by atoms with E-state index in [0.29, 0.717) is 18.9 Å². The van der Waals surface area contributed by atoms with Crippen LogP contribution in [0, 0.1) is 0 Å². The van der Waals surface area contributed by atoms with Gasteiger partial charge in [0.2, 0.25) is 5.91 Å². The minimum Gasteiger partial charge on any atom is -0.476 e. The molecule has 0 radical (unpaired) electrons. The number of amides is 1. The first kappa shape index (κ1) is 12.6. The van der Waals surface area contributed by atoms with E-state index < -0.39 is 5.97 Å². The van der Waals surface area contributed by atoms with E-state index in [1.165, 1.54) is 6.07 Å². The number of aromatic carboxylic acids is 1. The van der Waals surface area contributed by atoms with Crippen molar-refractivity contribution in [1.82, 2.24) is 10.3 Å². The van der Waals surface area contributed by atoms with Crippen LogP contribution in [0.4, 0.5) is 5.82 Å². The Morgan fingerprint density at radius 3 is 3.00 bits per heavy atom. The van der Waals surface area contributed by atoms with Crippen LogP contribution < -0.4 is 10.2 Å². The number of nitrogens with zero attached hydrogens (tertiary/aromatic N) is 2. The van der Waals surface area contributed by atoms with Crippen molar-refractivity contribution in [2.24, 2.45) is 0 Å². The van der Waals surface area contributed by atoms with Crippen molar-refractivity contribution in [3.8, 4) is 0 Å². The van der Waals surface area contributed by atoms with Gasteiger partial charge in [0.1, 0.15) is 5.82 Å². The van der Waals surface area contributed by atoms with Crippen LogP contribution >= 0.6 is 11.6 Å². The van der Waals surface area contributed by atoms with Crippen LogP contribution in [-0.2, 0) is 4.79 Å². The zero-order valence-corrected chi connectivity index (χ0v) is 10.3. The first-order valence-corrected chi connectivity index (χ1v) is 5.87. The molecular formula is C11H12ClN3O3. The number of carboxylic acid groups (broad SMARTS) is 1. The summed E-state index contributed by atoms with van der Waals surface area (Å²) >= 11 is 5.75.